The van der Waals surface area contributed by atoms with Crippen molar-refractivity contribution in [2.75, 3.05) is 20.2 Å². The van der Waals surface area contributed by atoms with Gasteiger partial charge in [-0.15, -0.1) is 11.6 Å². The zero-order valence-electron chi connectivity index (χ0n) is 9.86. The van der Waals surface area contributed by atoms with Crippen LogP contribution < -0.4 is 4.74 Å². The molecule has 0 radical (unpaired) electrons. The topological polar surface area (TPSA) is 29.5 Å². The van der Waals surface area contributed by atoms with Gasteiger partial charge in [-0.1, -0.05) is 0 Å². The summed E-state index contributed by atoms with van der Waals surface area (Å²) in [5.74, 6) is 0.813. The molecule has 0 aliphatic carbocycles. The van der Waals surface area contributed by atoms with E-state index in [0.717, 1.165) is 25.1 Å². The van der Waals surface area contributed by atoms with Crippen LogP contribution in [0.5, 0.6) is 5.75 Å². The molecule has 1 amide bonds. The molecule has 1 fully saturated rings. The molecular weight excluding hydrogens is 238 g/mol. The number of piperidine rings is 1. The minimum absolute atomic E-state index is 0.0537. The van der Waals surface area contributed by atoms with Crippen LogP contribution in [0.4, 0.5) is 0 Å². The lowest BCUT2D eigenvalue weighted by Gasteiger charge is -2.29. The largest absolute Gasteiger partial charge is 0.497 e. The predicted molar refractivity (Wildman–Crippen MR) is 67.8 cm³/mol. The van der Waals surface area contributed by atoms with Crippen LogP contribution >= 0.6 is 11.6 Å². The SMILES string of the molecule is COc1ccc(C(=O)N2CCCC(Cl)C2)cc1. The Hall–Kier alpha value is -1.22. The third kappa shape index (κ3) is 2.91. The highest BCUT2D eigenvalue weighted by molar-refractivity contribution is 6.21. The van der Waals surface area contributed by atoms with Gasteiger partial charge in [-0.05, 0) is 37.1 Å². The molecule has 0 N–H and O–H groups in total. The van der Waals surface area contributed by atoms with Crippen molar-refractivity contribution < 1.29 is 9.53 Å². The van der Waals surface area contributed by atoms with E-state index in [1.54, 1.807) is 31.4 Å². The molecule has 2 rings (SSSR count). The van der Waals surface area contributed by atoms with Crippen LogP contribution in [0.2, 0.25) is 0 Å². The van der Waals surface area contributed by atoms with E-state index in [-0.39, 0.29) is 11.3 Å². The van der Waals surface area contributed by atoms with Crippen molar-refractivity contribution in [1.82, 2.24) is 4.90 Å². The van der Waals surface area contributed by atoms with Crippen LogP contribution in [-0.2, 0) is 0 Å². The van der Waals surface area contributed by atoms with Gasteiger partial charge in [0.15, 0.2) is 0 Å². The number of likely N-dealkylation sites (tertiary alicyclic amines) is 1. The zero-order valence-corrected chi connectivity index (χ0v) is 10.6. The Labute approximate surface area is 106 Å². The van der Waals surface area contributed by atoms with E-state index in [4.69, 9.17) is 16.3 Å². The number of hydrogen-bond donors (Lipinski definition) is 0. The van der Waals surface area contributed by atoms with Gasteiger partial charge in [0.1, 0.15) is 5.75 Å². The minimum atomic E-state index is 0.0537. The lowest BCUT2D eigenvalue weighted by Crippen LogP contribution is -2.40. The molecule has 0 spiro atoms. The number of benzene rings is 1. The minimum Gasteiger partial charge on any atom is -0.497 e. The number of ether oxygens (including phenoxy) is 1. The first kappa shape index (κ1) is 12.2. The van der Waals surface area contributed by atoms with Crippen molar-refractivity contribution in [3.05, 3.63) is 29.8 Å². The van der Waals surface area contributed by atoms with Gasteiger partial charge in [-0.25, -0.2) is 0 Å². The van der Waals surface area contributed by atoms with Crippen molar-refractivity contribution in [3.8, 4) is 5.75 Å². The fourth-order valence-electron chi connectivity index (χ4n) is 2.03. The van der Waals surface area contributed by atoms with Crippen molar-refractivity contribution in [1.29, 1.82) is 0 Å². The fourth-order valence-corrected chi connectivity index (χ4v) is 2.35. The van der Waals surface area contributed by atoms with E-state index >= 15 is 0 Å². The van der Waals surface area contributed by atoms with E-state index in [0.29, 0.717) is 12.1 Å². The maximum absolute atomic E-state index is 12.2. The average Bonchev–Trinajstić information content (AvgIpc) is 2.38. The molecule has 0 bridgehead atoms. The van der Waals surface area contributed by atoms with E-state index in [2.05, 4.69) is 0 Å². The van der Waals surface area contributed by atoms with E-state index in [1.165, 1.54) is 0 Å². The Bertz CT molecular complexity index is 391. The number of alkyl halides is 1. The van der Waals surface area contributed by atoms with Gasteiger partial charge in [-0.2, -0.15) is 0 Å². The Morgan fingerprint density at radius 1 is 1.41 bits per heavy atom. The second-order valence-corrected chi connectivity index (χ2v) is 4.84. The highest BCUT2D eigenvalue weighted by atomic mass is 35.5. The highest BCUT2D eigenvalue weighted by Crippen LogP contribution is 2.18. The van der Waals surface area contributed by atoms with Gasteiger partial charge < -0.3 is 9.64 Å². The summed E-state index contributed by atoms with van der Waals surface area (Å²) < 4.78 is 5.07. The van der Waals surface area contributed by atoms with E-state index in [9.17, 15) is 4.79 Å². The number of hydrogen-bond acceptors (Lipinski definition) is 2. The van der Waals surface area contributed by atoms with Crippen molar-refractivity contribution >= 4 is 17.5 Å². The summed E-state index contributed by atoms with van der Waals surface area (Å²) in [5.41, 5.74) is 0.691. The molecule has 3 nitrogen and oxygen atoms in total. The molecule has 1 heterocycles. The van der Waals surface area contributed by atoms with Gasteiger partial charge >= 0.3 is 0 Å². The number of methoxy groups -OCH3 is 1. The summed E-state index contributed by atoms with van der Waals surface area (Å²) in [7, 11) is 1.61. The average molecular weight is 254 g/mol. The Kier molecular flexibility index (Phi) is 3.89. The molecule has 1 aromatic rings. The van der Waals surface area contributed by atoms with Crippen molar-refractivity contribution in [2.45, 2.75) is 18.2 Å². The standard InChI is InChI=1S/C13H16ClNO2/c1-17-12-6-4-10(5-7-12)13(16)15-8-2-3-11(14)9-15/h4-7,11H,2-3,8-9H2,1H3. The summed E-state index contributed by atoms with van der Waals surface area (Å²) >= 11 is 6.08. The molecule has 1 saturated heterocycles. The second-order valence-electron chi connectivity index (χ2n) is 4.22. The molecule has 1 aliphatic heterocycles. The third-order valence-corrected chi connectivity index (χ3v) is 3.34. The summed E-state index contributed by atoms with van der Waals surface area (Å²) in [4.78, 5) is 14.0. The zero-order chi connectivity index (χ0) is 12.3. The Morgan fingerprint density at radius 3 is 2.71 bits per heavy atom. The molecular formula is C13H16ClNO2. The number of carbonyl (C=O) groups is 1. The maximum atomic E-state index is 12.2. The number of rotatable bonds is 2. The quantitative estimate of drug-likeness (QED) is 0.758. The third-order valence-electron chi connectivity index (χ3n) is 2.99. The summed E-state index contributed by atoms with van der Waals surface area (Å²) in [6, 6.07) is 7.18. The van der Waals surface area contributed by atoms with Gasteiger partial charge in [0, 0.05) is 18.7 Å². The highest BCUT2D eigenvalue weighted by Gasteiger charge is 2.22. The van der Waals surface area contributed by atoms with Crippen LogP contribution in [-0.4, -0.2) is 36.4 Å². The van der Waals surface area contributed by atoms with Crippen LogP contribution in [0.3, 0.4) is 0 Å². The van der Waals surface area contributed by atoms with Crippen molar-refractivity contribution in [3.63, 3.8) is 0 Å². The number of halogens is 1. The molecule has 0 aromatic heterocycles. The summed E-state index contributed by atoms with van der Waals surface area (Å²) in [5, 5.41) is 0.0888. The van der Waals surface area contributed by atoms with Crippen LogP contribution in [0, 0.1) is 0 Å². The molecule has 1 aromatic carbocycles. The first-order valence-corrected chi connectivity index (χ1v) is 6.22. The first-order valence-electron chi connectivity index (χ1n) is 5.78. The number of amides is 1. The molecule has 92 valence electrons. The van der Waals surface area contributed by atoms with Crippen LogP contribution in [0.25, 0.3) is 0 Å². The van der Waals surface area contributed by atoms with Gasteiger partial charge in [0.25, 0.3) is 5.91 Å². The normalized spacial score (nSPS) is 20.1. The van der Waals surface area contributed by atoms with E-state index in [1.807, 2.05) is 4.90 Å². The van der Waals surface area contributed by atoms with Gasteiger partial charge in [-0.3, -0.25) is 4.79 Å². The van der Waals surface area contributed by atoms with Gasteiger partial charge in [0.05, 0.1) is 12.5 Å². The van der Waals surface area contributed by atoms with Crippen LogP contribution in [0.1, 0.15) is 23.2 Å². The van der Waals surface area contributed by atoms with Crippen molar-refractivity contribution in [2.24, 2.45) is 0 Å². The molecule has 4 heteroatoms. The monoisotopic (exact) mass is 253 g/mol. The Balaban J connectivity index is 2.07. The predicted octanol–water partition coefficient (Wildman–Crippen LogP) is 2.54. The molecule has 17 heavy (non-hydrogen) atoms. The number of carbonyl (C=O) groups excluding carboxylic acids is 1. The first-order chi connectivity index (χ1) is 8.20. The molecule has 0 saturated carbocycles. The summed E-state index contributed by atoms with van der Waals surface area (Å²) in [6.45, 7) is 1.44. The molecule has 1 aliphatic rings. The van der Waals surface area contributed by atoms with E-state index < -0.39 is 0 Å². The molecule has 1 atom stereocenters. The fraction of sp³-hybridized carbons (Fsp3) is 0.462. The maximum Gasteiger partial charge on any atom is 0.253 e. The van der Waals surface area contributed by atoms with Gasteiger partial charge in [0.2, 0.25) is 0 Å². The lowest BCUT2D eigenvalue weighted by atomic mass is 10.1. The molecule has 1 unspecified atom stereocenters. The lowest BCUT2D eigenvalue weighted by molar-refractivity contribution is 0.0727. The Morgan fingerprint density at radius 2 is 2.12 bits per heavy atom. The smallest absolute Gasteiger partial charge is 0.253 e. The van der Waals surface area contributed by atoms with Crippen LogP contribution in [0.15, 0.2) is 24.3 Å². The second kappa shape index (κ2) is 5.41. The summed E-state index contributed by atoms with van der Waals surface area (Å²) in [6.07, 6.45) is 1.98. The number of nitrogens with zero attached hydrogens (tertiary/aromatic N) is 1.